The highest BCUT2D eigenvalue weighted by Crippen LogP contribution is 2.25. The second kappa shape index (κ2) is 9.09. The van der Waals surface area contributed by atoms with Gasteiger partial charge in [-0.1, -0.05) is 52.8 Å². The zero-order valence-electron chi connectivity index (χ0n) is 17.0. The Hall–Kier alpha value is -2.00. The molecule has 0 unspecified atom stereocenters. The fraction of sp³-hybridized carbons (Fsp3) is 0.478. The summed E-state index contributed by atoms with van der Waals surface area (Å²) in [6.07, 6.45) is 0. The van der Waals surface area contributed by atoms with Crippen molar-refractivity contribution >= 4 is 5.69 Å². The molecule has 0 radical (unpaired) electrons. The summed E-state index contributed by atoms with van der Waals surface area (Å²) in [5.74, 6) is 2.24. The van der Waals surface area contributed by atoms with Crippen molar-refractivity contribution in [3.63, 3.8) is 0 Å². The summed E-state index contributed by atoms with van der Waals surface area (Å²) in [6.45, 7) is 14.5. The lowest BCUT2D eigenvalue weighted by Crippen LogP contribution is -2.21. The number of hydrogen-bond donors (Lipinski definition) is 1. The SMILES string of the molecule is CC(C)[C@H](C)Nc1cccc(Oc2ccc(COCC(C)(C)C)cc2)c1. The van der Waals surface area contributed by atoms with Crippen LogP contribution in [0.1, 0.15) is 47.1 Å². The van der Waals surface area contributed by atoms with E-state index in [2.05, 4.69) is 65.1 Å². The van der Waals surface area contributed by atoms with Crippen LogP contribution in [0.15, 0.2) is 48.5 Å². The van der Waals surface area contributed by atoms with Gasteiger partial charge in [-0.15, -0.1) is 0 Å². The second-order valence-electron chi connectivity index (χ2n) is 8.50. The summed E-state index contributed by atoms with van der Waals surface area (Å²) in [4.78, 5) is 0. The standard InChI is InChI=1S/C23H33NO2/c1-17(2)18(3)24-20-8-7-9-22(14-20)26-21-12-10-19(11-13-21)15-25-16-23(4,5)6/h7-14,17-18,24H,15-16H2,1-6H3/t18-/m0/s1. The Labute approximate surface area is 158 Å². The van der Waals surface area contributed by atoms with Crippen molar-refractivity contribution in [3.8, 4) is 11.5 Å². The summed E-state index contributed by atoms with van der Waals surface area (Å²) < 4.78 is 11.8. The first-order valence-electron chi connectivity index (χ1n) is 9.44. The Morgan fingerprint density at radius 1 is 0.923 bits per heavy atom. The van der Waals surface area contributed by atoms with Crippen molar-refractivity contribution in [2.24, 2.45) is 11.3 Å². The molecular formula is C23H33NO2. The van der Waals surface area contributed by atoms with Gasteiger partial charge in [-0.05, 0) is 48.1 Å². The molecule has 2 aromatic rings. The molecule has 0 aliphatic rings. The Kier molecular flexibility index (Phi) is 7.10. The summed E-state index contributed by atoms with van der Waals surface area (Å²) in [7, 11) is 0. The third-order valence-electron chi connectivity index (χ3n) is 4.19. The Morgan fingerprint density at radius 3 is 2.23 bits per heavy atom. The lowest BCUT2D eigenvalue weighted by Gasteiger charge is -2.19. The van der Waals surface area contributed by atoms with E-state index in [1.165, 1.54) is 0 Å². The van der Waals surface area contributed by atoms with Gasteiger partial charge in [0, 0.05) is 17.8 Å². The predicted molar refractivity (Wildman–Crippen MR) is 110 cm³/mol. The van der Waals surface area contributed by atoms with Crippen LogP contribution in [-0.2, 0) is 11.3 Å². The minimum atomic E-state index is 0.190. The van der Waals surface area contributed by atoms with Crippen molar-refractivity contribution in [1.29, 1.82) is 0 Å². The van der Waals surface area contributed by atoms with Crippen molar-refractivity contribution in [1.82, 2.24) is 0 Å². The van der Waals surface area contributed by atoms with Gasteiger partial charge in [0.25, 0.3) is 0 Å². The van der Waals surface area contributed by atoms with E-state index in [0.717, 1.165) is 29.4 Å². The normalized spacial score (nSPS) is 12.9. The minimum Gasteiger partial charge on any atom is -0.457 e. The van der Waals surface area contributed by atoms with E-state index in [1.54, 1.807) is 0 Å². The molecule has 0 saturated carbocycles. The first-order chi connectivity index (χ1) is 12.2. The van der Waals surface area contributed by atoms with E-state index in [0.29, 0.717) is 18.6 Å². The second-order valence-corrected chi connectivity index (χ2v) is 8.50. The lowest BCUT2D eigenvalue weighted by atomic mass is 9.99. The van der Waals surface area contributed by atoms with Crippen molar-refractivity contribution in [2.45, 2.75) is 54.2 Å². The van der Waals surface area contributed by atoms with Crippen LogP contribution in [0.5, 0.6) is 11.5 Å². The van der Waals surface area contributed by atoms with Crippen LogP contribution in [0, 0.1) is 11.3 Å². The molecule has 0 aliphatic carbocycles. The van der Waals surface area contributed by atoms with E-state index in [-0.39, 0.29) is 5.41 Å². The maximum atomic E-state index is 5.99. The van der Waals surface area contributed by atoms with Crippen LogP contribution in [0.2, 0.25) is 0 Å². The lowest BCUT2D eigenvalue weighted by molar-refractivity contribution is 0.0599. The molecule has 0 heterocycles. The van der Waals surface area contributed by atoms with Crippen LogP contribution in [0.25, 0.3) is 0 Å². The van der Waals surface area contributed by atoms with Crippen LogP contribution in [0.4, 0.5) is 5.69 Å². The molecule has 26 heavy (non-hydrogen) atoms. The van der Waals surface area contributed by atoms with Crippen LogP contribution < -0.4 is 10.1 Å². The van der Waals surface area contributed by atoms with Gasteiger partial charge in [0.15, 0.2) is 0 Å². The van der Waals surface area contributed by atoms with E-state index < -0.39 is 0 Å². The highest BCUT2D eigenvalue weighted by molar-refractivity contribution is 5.49. The Bertz CT molecular complexity index is 671. The van der Waals surface area contributed by atoms with Gasteiger partial charge in [0.1, 0.15) is 11.5 Å². The van der Waals surface area contributed by atoms with Gasteiger partial charge in [0.05, 0.1) is 13.2 Å². The molecular weight excluding hydrogens is 322 g/mol. The van der Waals surface area contributed by atoms with Gasteiger partial charge < -0.3 is 14.8 Å². The molecule has 0 amide bonds. The summed E-state index contributed by atoms with van der Waals surface area (Å²) in [5.41, 5.74) is 2.42. The number of hydrogen-bond acceptors (Lipinski definition) is 3. The molecule has 2 rings (SSSR count). The number of ether oxygens (including phenoxy) is 2. The molecule has 0 bridgehead atoms. The monoisotopic (exact) mass is 355 g/mol. The molecule has 3 heteroatoms. The van der Waals surface area contributed by atoms with Crippen LogP contribution >= 0.6 is 0 Å². The third-order valence-corrected chi connectivity index (χ3v) is 4.19. The third kappa shape index (κ3) is 7.09. The first-order valence-corrected chi connectivity index (χ1v) is 9.44. The van der Waals surface area contributed by atoms with E-state index >= 15 is 0 Å². The maximum absolute atomic E-state index is 5.99. The molecule has 2 aromatic carbocycles. The van der Waals surface area contributed by atoms with Gasteiger partial charge >= 0.3 is 0 Å². The van der Waals surface area contributed by atoms with Gasteiger partial charge in [-0.3, -0.25) is 0 Å². The summed E-state index contributed by atoms with van der Waals surface area (Å²) in [5, 5.41) is 3.52. The number of benzene rings is 2. The minimum absolute atomic E-state index is 0.190. The van der Waals surface area contributed by atoms with E-state index in [1.807, 2.05) is 30.3 Å². The predicted octanol–water partition coefficient (Wildman–Crippen LogP) is 6.50. The molecule has 1 N–H and O–H groups in total. The highest BCUT2D eigenvalue weighted by atomic mass is 16.5. The highest BCUT2D eigenvalue weighted by Gasteiger charge is 2.10. The fourth-order valence-corrected chi connectivity index (χ4v) is 2.34. The summed E-state index contributed by atoms with van der Waals surface area (Å²) in [6, 6.07) is 16.6. The van der Waals surface area contributed by atoms with Gasteiger partial charge in [-0.2, -0.15) is 0 Å². The quantitative estimate of drug-likeness (QED) is 0.586. The van der Waals surface area contributed by atoms with Crippen molar-refractivity contribution in [3.05, 3.63) is 54.1 Å². The molecule has 3 nitrogen and oxygen atoms in total. The van der Waals surface area contributed by atoms with Gasteiger partial charge in [0.2, 0.25) is 0 Å². The van der Waals surface area contributed by atoms with Crippen molar-refractivity contribution < 1.29 is 9.47 Å². The Morgan fingerprint density at radius 2 is 1.62 bits per heavy atom. The molecule has 0 saturated heterocycles. The maximum Gasteiger partial charge on any atom is 0.129 e. The number of rotatable bonds is 8. The van der Waals surface area contributed by atoms with E-state index in [4.69, 9.17) is 9.47 Å². The molecule has 0 fully saturated rings. The fourth-order valence-electron chi connectivity index (χ4n) is 2.34. The van der Waals surface area contributed by atoms with Crippen LogP contribution in [-0.4, -0.2) is 12.6 Å². The molecule has 142 valence electrons. The number of anilines is 1. The molecule has 0 spiro atoms. The molecule has 1 atom stereocenters. The number of nitrogens with one attached hydrogen (secondary N) is 1. The zero-order chi connectivity index (χ0) is 19.2. The Balaban J connectivity index is 1.92. The first kappa shape index (κ1) is 20.3. The molecule has 0 aliphatic heterocycles. The average molecular weight is 356 g/mol. The van der Waals surface area contributed by atoms with Crippen molar-refractivity contribution in [2.75, 3.05) is 11.9 Å². The van der Waals surface area contributed by atoms with Gasteiger partial charge in [-0.25, -0.2) is 0 Å². The average Bonchev–Trinajstić information content (AvgIpc) is 2.55. The zero-order valence-corrected chi connectivity index (χ0v) is 17.0. The largest absolute Gasteiger partial charge is 0.457 e. The topological polar surface area (TPSA) is 30.5 Å². The summed E-state index contributed by atoms with van der Waals surface area (Å²) >= 11 is 0. The van der Waals surface area contributed by atoms with E-state index in [9.17, 15) is 0 Å². The van der Waals surface area contributed by atoms with Crippen LogP contribution in [0.3, 0.4) is 0 Å². The smallest absolute Gasteiger partial charge is 0.129 e. The molecule has 0 aromatic heterocycles.